The molecule has 158 valence electrons. The van der Waals surface area contributed by atoms with Gasteiger partial charge in [-0.1, -0.05) is 12.1 Å². The minimum absolute atomic E-state index is 0.144. The molecule has 0 atom stereocenters. The molecule has 3 rings (SSSR count). The van der Waals surface area contributed by atoms with Crippen LogP contribution in [-0.2, 0) is 16.4 Å². The zero-order valence-electron chi connectivity index (χ0n) is 15.8. The van der Waals surface area contributed by atoms with E-state index in [1.165, 1.54) is 7.11 Å². The summed E-state index contributed by atoms with van der Waals surface area (Å²) in [5, 5.41) is 12.2. The summed E-state index contributed by atoms with van der Waals surface area (Å²) < 4.78 is 69.8. The van der Waals surface area contributed by atoms with Crippen LogP contribution in [0.4, 0.5) is 19.0 Å². The highest BCUT2D eigenvalue weighted by atomic mass is 32.2. The third-order valence-corrected chi connectivity index (χ3v) is 4.81. The lowest BCUT2D eigenvalue weighted by atomic mass is 10.2. The van der Waals surface area contributed by atoms with Gasteiger partial charge in [-0.2, -0.15) is 27.9 Å². The summed E-state index contributed by atoms with van der Waals surface area (Å²) in [6, 6.07) is 8.08. The van der Waals surface area contributed by atoms with Crippen molar-refractivity contribution in [3.63, 3.8) is 0 Å². The van der Waals surface area contributed by atoms with Gasteiger partial charge in [0, 0.05) is 12.8 Å². The normalized spacial score (nSPS) is 12.0. The number of alkyl halides is 3. The quantitative estimate of drug-likeness (QED) is 0.572. The summed E-state index contributed by atoms with van der Waals surface area (Å²) in [5.41, 5.74) is 0.177. The van der Waals surface area contributed by atoms with E-state index < -0.39 is 27.7 Å². The largest absolute Gasteiger partial charge is 0.497 e. The molecular formula is C17H15F3N6O3S. The van der Waals surface area contributed by atoms with Crippen LogP contribution in [0.25, 0.3) is 5.65 Å². The van der Waals surface area contributed by atoms with Crippen molar-refractivity contribution in [3.05, 3.63) is 41.7 Å². The SMILES string of the molecule is COc1ccc(CN(CC(F)(F)F)c2nc(S(C)(=O)=O)nn3c(C#N)cnc23)cc1. The van der Waals surface area contributed by atoms with E-state index in [9.17, 15) is 26.9 Å². The van der Waals surface area contributed by atoms with Gasteiger partial charge in [0.15, 0.2) is 17.2 Å². The van der Waals surface area contributed by atoms with E-state index in [1.54, 1.807) is 30.3 Å². The van der Waals surface area contributed by atoms with Gasteiger partial charge in [0.2, 0.25) is 9.84 Å². The first-order valence-electron chi connectivity index (χ1n) is 8.32. The number of halogens is 3. The maximum absolute atomic E-state index is 13.3. The summed E-state index contributed by atoms with van der Waals surface area (Å²) in [4.78, 5) is 8.60. The van der Waals surface area contributed by atoms with Gasteiger partial charge >= 0.3 is 6.18 Å². The molecule has 0 aliphatic heterocycles. The van der Waals surface area contributed by atoms with Crippen molar-refractivity contribution in [2.45, 2.75) is 17.9 Å². The first-order chi connectivity index (χ1) is 14.0. The van der Waals surface area contributed by atoms with E-state index in [1.807, 2.05) is 0 Å². The number of anilines is 1. The highest BCUT2D eigenvalue weighted by Gasteiger charge is 2.33. The topological polar surface area (TPSA) is 113 Å². The van der Waals surface area contributed by atoms with Crippen molar-refractivity contribution >= 4 is 21.3 Å². The van der Waals surface area contributed by atoms with Crippen LogP contribution in [0, 0.1) is 11.3 Å². The number of sulfone groups is 1. The molecule has 0 aliphatic rings. The molecule has 0 amide bonds. The summed E-state index contributed by atoms with van der Waals surface area (Å²) in [6.45, 7) is -1.68. The van der Waals surface area contributed by atoms with E-state index in [0.717, 1.165) is 21.9 Å². The number of hydrogen-bond donors (Lipinski definition) is 0. The third-order valence-electron chi connectivity index (χ3n) is 3.97. The predicted octanol–water partition coefficient (Wildman–Crippen LogP) is 1.98. The van der Waals surface area contributed by atoms with E-state index in [2.05, 4.69) is 15.1 Å². The molecule has 0 saturated heterocycles. The molecule has 3 aromatic rings. The molecule has 0 N–H and O–H groups in total. The molecule has 0 fully saturated rings. The summed E-state index contributed by atoms with van der Waals surface area (Å²) in [5.74, 6) is 0.164. The Kier molecular flexibility index (Phi) is 5.53. The summed E-state index contributed by atoms with van der Waals surface area (Å²) in [7, 11) is -2.52. The van der Waals surface area contributed by atoms with Gasteiger partial charge in [0.1, 0.15) is 18.4 Å². The van der Waals surface area contributed by atoms with Crippen LogP contribution in [0.3, 0.4) is 0 Å². The summed E-state index contributed by atoms with van der Waals surface area (Å²) >= 11 is 0. The maximum Gasteiger partial charge on any atom is 0.405 e. The Morgan fingerprint density at radius 3 is 2.47 bits per heavy atom. The molecule has 2 heterocycles. The monoisotopic (exact) mass is 440 g/mol. The van der Waals surface area contributed by atoms with Gasteiger partial charge in [0.05, 0.1) is 13.3 Å². The maximum atomic E-state index is 13.3. The fourth-order valence-electron chi connectivity index (χ4n) is 2.67. The molecular weight excluding hydrogens is 425 g/mol. The number of imidazole rings is 1. The molecule has 0 spiro atoms. The minimum Gasteiger partial charge on any atom is -0.497 e. The van der Waals surface area contributed by atoms with Crippen molar-refractivity contribution in [2.24, 2.45) is 0 Å². The Hall–Kier alpha value is -3.40. The predicted molar refractivity (Wildman–Crippen MR) is 98.7 cm³/mol. The number of ether oxygens (including phenoxy) is 1. The molecule has 30 heavy (non-hydrogen) atoms. The van der Waals surface area contributed by atoms with Gasteiger partial charge in [-0.3, -0.25) is 0 Å². The lowest BCUT2D eigenvalue weighted by Crippen LogP contribution is -2.35. The number of hydrogen-bond acceptors (Lipinski definition) is 8. The molecule has 0 bridgehead atoms. The lowest BCUT2D eigenvalue weighted by molar-refractivity contribution is -0.120. The van der Waals surface area contributed by atoms with E-state index in [4.69, 9.17) is 4.74 Å². The van der Waals surface area contributed by atoms with Crippen molar-refractivity contribution < 1.29 is 26.3 Å². The van der Waals surface area contributed by atoms with Crippen LogP contribution in [0.1, 0.15) is 11.3 Å². The Balaban J connectivity index is 2.18. The van der Waals surface area contributed by atoms with Crippen molar-refractivity contribution in [1.29, 1.82) is 5.26 Å². The zero-order valence-corrected chi connectivity index (χ0v) is 16.6. The number of aromatic nitrogens is 4. The van der Waals surface area contributed by atoms with Gasteiger partial charge in [-0.25, -0.2) is 13.4 Å². The Labute approximate surface area is 169 Å². The zero-order chi connectivity index (χ0) is 22.1. The Bertz CT molecular complexity index is 1220. The highest BCUT2D eigenvalue weighted by Crippen LogP contribution is 2.27. The first-order valence-corrected chi connectivity index (χ1v) is 10.2. The average molecular weight is 440 g/mol. The lowest BCUT2D eigenvalue weighted by Gasteiger charge is -2.25. The molecule has 0 aliphatic carbocycles. The second-order valence-electron chi connectivity index (χ2n) is 6.30. The van der Waals surface area contributed by atoms with Crippen LogP contribution in [0.15, 0.2) is 35.6 Å². The van der Waals surface area contributed by atoms with Crippen LogP contribution in [0.5, 0.6) is 5.75 Å². The minimum atomic E-state index is -4.62. The van der Waals surface area contributed by atoms with Crippen molar-refractivity contribution in [2.75, 3.05) is 24.8 Å². The standard InChI is InChI=1S/C17H15F3N6O3S/c1-29-13-5-3-11(4-6-13)9-25(10-17(18,19)20)15-14-22-8-12(7-21)26(14)24-16(23-15)30(2,27)28/h3-6,8H,9-10H2,1-2H3. The van der Waals surface area contributed by atoms with E-state index in [-0.39, 0.29) is 23.7 Å². The van der Waals surface area contributed by atoms with Gasteiger partial charge in [0.25, 0.3) is 5.16 Å². The number of fused-ring (bicyclic) bond motifs is 1. The van der Waals surface area contributed by atoms with Crippen molar-refractivity contribution in [1.82, 2.24) is 19.6 Å². The first kappa shape index (κ1) is 21.3. The van der Waals surface area contributed by atoms with E-state index in [0.29, 0.717) is 11.3 Å². The van der Waals surface area contributed by atoms with Gasteiger partial charge in [-0.15, -0.1) is 5.10 Å². The fourth-order valence-corrected chi connectivity index (χ4v) is 3.15. The number of rotatable bonds is 6. The molecule has 13 heteroatoms. The number of benzene rings is 1. The number of nitrogens with zero attached hydrogens (tertiary/aromatic N) is 6. The highest BCUT2D eigenvalue weighted by molar-refractivity contribution is 7.90. The van der Waals surface area contributed by atoms with Crippen LogP contribution in [-0.4, -0.2) is 54.1 Å². The van der Waals surface area contributed by atoms with Crippen LogP contribution < -0.4 is 9.64 Å². The van der Waals surface area contributed by atoms with Gasteiger partial charge in [-0.05, 0) is 17.7 Å². The molecule has 1 aromatic carbocycles. The summed E-state index contributed by atoms with van der Waals surface area (Å²) in [6.07, 6.45) is -2.72. The Morgan fingerprint density at radius 2 is 1.93 bits per heavy atom. The van der Waals surface area contributed by atoms with Crippen LogP contribution >= 0.6 is 0 Å². The molecule has 2 aromatic heterocycles. The number of methoxy groups -OCH3 is 1. The Morgan fingerprint density at radius 1 is 1.27 bits per heavy atom. The average Bonchev–Trinajstić information content (AvgIpc) is 3.08. The second kappa shape index (κ2) is 7.79. The van der Waals surface area contributed by atoms with Crippen LogP contribution in [0.2, 0.25) is 0 Å². The second-order valence-corrected chi connectivity index (χ2v) is 8.21. The smallest absolute Gasteiger partial charge is 0.405 e. The molecule has 0 unspecified atom stereocenters. The molecule has 0 saturated carbocycles. The molecule has 9 nitrogen and oxygen atoms in total. The number of nitriles is 1. The van der Waals surface area contributed by atoms with Gasteiger partial charge < -0.3 is 9.64 Å². The van der Waals surface area contributed by atoms with Crippen molar-refractivity contribution in [3.8, 4) is 11.8 Å². The third kappa shape index (κ3) is 4.60. The van der Waals surface area contributed by atoms with E-state index >= 15 is 0 Å². The fraction of sp³-hybridized carbons (Fsp3) is 0.294. The molecule has 0 radical (unpaired) electrons.